The highest BCUT2D eigenvalue weighted by Gasteiger charge is 2.12. The Balaban J connectivity index is 3.13. The Morgan fingerprint density at radius 1 is 1.67 bits per heavy atom. The summed E-state index contributed by atoms with van der Waals surface area (Å²) in [6.45, 7) is 3.98. The Kier molecular flexibility index (Phi) is 2.64. The fourth-order valence-electron chi connectivity index (χ4n) is 1.11. The Labute approximate surface area is 73.9 Å². The third-order valence-corrected chi connectivity index (χ3v) is 2.41. The van der Waals surface area contributed by atoms with Gasteiger partial charge in [-0.3, -0.25) is 0 Å². The molecular weight excluding hydrogens is 176 g/mol. The largest absolute Gasteiger partial charge is 0.322 e. The fraction of sp³-hybridized carbons (Fsp3) is 0.571. The van der Waals surface area contributed by atoms with E-state index in [0.717, 1.165) is 5.82 Å². The van der Waals surface area contributed by atoms with Crippen molar-refractivity contribution in [1.82, 2.24) is 9.55 Å². The molecule has 0 aliphatic carbocycles. The maximum Gasteiger partial charge on any atom is 0.205 e. The minimum atomic E-state index is -1.94. The van der Waals surface area contributed by atoms with Crippen molar-refractivity contribution < 1.29 is 8.76 Å². The van der Waals surface area contributed by atoms with Gasteiger partial charge < -0.3 is 9.12 Å². The fourth-order valence-corrected chi connectivity index (χ4v) is 1.58. The molecule has 1 aromatic heterocycles. The summed E-state index contributed by atoms with van der Waals surface area (Å²) in [5.41, 5.74) is 0. The molecule has 0 bridgehead atoms. The molecule has 0 aliphatic heterocycles. The molecule has 0 spiro atoms. The van der Waals surface area contributed by atoms with Crippen molar-refractivity contribution in [2.75, 3.05) is 0 Å². The molecule has 1 unspecified atom stereocenters. The maximum atomic E-state index is 10.7. The lowest BCUT2D eigenvalue weighted by atomic mass is 10.2. The van der Waals surface area contributed by atoms with Gasteiger partial charge in [-0.25, -0.2) is 9.19 Å². The second kappa shape index (κ2) is 3.37. The lowest BCUT2D eigenvalue weighted by molar-refractivity contribution is 0.550. The van der Waals surface area contributed by atoms with Gasteiger partial charge in [0, 0.05) is 13.0 Å². The summed E-state index contributed by atoms with van der Waals surface area (Å²) < 4.78 is 21.2. The molecule has 5 heteroatoms. The minimum absolute atomic E-state index is 0.271. The van der Waals surface area contributed by atoms with E-state index in [2.05, 4.69) is 4.98 Å². The molecule has 4 nitrogen and oxygen atoms in total. The molecule has 0 saturated carbocycles. The zero-order valence-corrected chi connectivity index (χ0v) is 8.13. The van der Waals surface area contributed by atoms with Crippen LogP contribution in [0, 0.1) is 0 Å². The smallest absolute Gasteiger partial charge is 0.205 e. The van der Waals surface area contributed by atoms with E-state index in [0.29, 0.717) is 5.03 Å². The van der Waals surface area contributed by atoms with Crippen LogP contribution < -0.4 is 0 Å². The third kappa shape index (κ3) is 1.56. The first-order valence-electron chi connectivity index (χ1n) is 3.66. The van der Waals surface area contributed by atoms with E-state index >= 15 is 0 Å². The van der Waals surface area contributed by atoms with E-state index in [1.165, 1.54) is 6.20 Å². The predicted molar refractivity (Wildman–Crippen MR) is 46.3 cm³/mol. The van der Waals surface area contributed by atoms with Gasteiger partial charge in [-0.05, 0) is 0 Å². The summed E-state index contributed by atoms with van der Waals surface area (Å²) in [6.07, 6.45) is 1.44. The van der Waals surface area contributed by atoms with Crippen molar-refractivity contribution in [2.45, 2.75) is 24.8 Å². The van der Waals surface area contributed by atoms with Gasteiger partial charge in [-0.1, -0.05) is 13.8 Å². The van der Waals surface area contributed by atoms with Crippen molar-refractivity contribution in [3.8, 4) is 0 Å². The Bertz CT molecular complexity index is 306. The quantitative estimate of drug-likeness (QED) is 0.708. The van der Waals surface area contributed by atoms with Crippen LogP contribution in [0.25, 0.3) is 0 Å². The molecule has 0 aliphatic rings. The van der Waals surface area contributed by atoms with Crippen LogP contribution in [0.3, 0.4) is 0 Å². The number of hydrogen-bond donors (Lipinski definition) is 1. The Morgan fingerprint density at radius 2 is 2.25 bits per heavy atom. The lowest BCUT2D eigenvalue weighted by Crippen LogP contribution is -2.04. The molecule has 0 aromatic carbocycles. The number of hydrogen-bond acceptors (Lipinski definition) is 2. The summed E-state index contributed by atoms with van der Waals surface area (Å²) in [6, 6.07) is 0. The molecule has 12 heavy (non-hydrogen) atoms. The van der Waals surface area contributed by atoms with Gasteiger partial charge in [0.05, 0.1) is 6.20 Å². The van der Waals surface area contributed by atoms with Crippen LogP contribution in [0.5, 0.6) is 0 Å². The van der Waals surface area contributed by atoms with Gasteiger partial charge in [0.1, 0.15) is 5.82 Å². The van der Waals surface area contributed by atoms with Gasteiger partial charge in [-0.2, -0.15) is 0 Å². The molecule has 1 atom stereocenters. The highest BCUT2D eigenvalue weighted by molar-refractivity contribution is 7.79. The summed E-state index contributed by atoms with van der Waals surface area (Å²) >= 11 is -1.94. The Hall–Kier alpha value is -0.680. The normalized spacial score (nSPS) is 13.8. The summed E-state index contributed by atoms with van der Waals surface area (Å²) in [4.78, 5) is 4.05. The zero-order chi connectivity index (χ0) is 9.30. The topological polar surface area (TPSA) is 55.1 Å². The second-order valence-corrected chi connectivity index (χ2v) is 3.83. The molecule has 1 N–H and O–H groups in total. The second-order valence-electron chi connectivity index (χ2n) is 2.92. The van der Waals surface area contributed by atoms with E-state index in [4.69, 9.17) is 4.55 Å². The maximum absolute atomic E-state index is 10.7. The van der Waals surface area contributed by atoms with E-state index < -0.39 is 11.1 Å². The molecule has 68 valence electrons. The average Bonchev–Trinajstić information content (AvgIpc) is 2.30. The van der Waals surface area contributed by atoms with Crippen LogP contribution in [-0.4, -0.2) is 18.3 Å². The molecule has 0 radical (unpaired) electrons. The number of aromatic nitrogens is 2. The highest BCUT2D eigenvalue weighted by atomic mass is 32.2. The zero-order valence-electron chi connectivity index (χ0n) is 7.31. The van der Waals surface area contributed by atoms with Crippen LogP contribution in [0.2, 0.25) is 0 Å². The lowest BCUT2D eigenvalue weighted by Gasteiger charge is -2.05. The van der Waals surface area contributed by atoms with E-state index in [1.807, 2.05) is 13.8 Å². The van der Waals surface area contributed by atoms with Gasteiger partial charge in [0.2, 0.25) is 11.1 Å². The van der Waals surface area contributed by atoms with Gasteiger partial charge in [0.25, 0.3) is 0 Å². The monoisotopic (exact) mass is 188 g/mol. The van der Waals surface area contributed by atoms with Gasteiger partial charge in [0.15, 0.2) is 5.03 Å². The standard InChI is InChI=1S/C7H12N2O2S/c1-5(2)7-8-4-6(9(7)3)12(10)11/h4-5H,1-3H3,(H,10,11). The molecular formula is C7H12N2O2S. The highest BCUT2D eigenvalue weighted by Crippen LogP contribution is 2.14. The minimum Gasteiger partial charge on any atom is -0.322 e. The Morgan fingerprint density at radius 3 is 2.50 bits per heavy atom. The van der Waals surface area contributed by atoms with Crippen LogP contribution >= 0.6 is 0 Å². The molecule has 1 heterocycles. The third-order valence-electron chi connectivity index (χ3n) is 1.68. The first-order chi connectivity index (χ1) is 5.54. The first-order valence-corrected chi connectivity index (χ1v) is 4.77. The number of imidazole rings is 1. The van der Waals surface area contributed by atoms with Crippen molar-refractivity contribution in [1.29, 1.82) is 0 Å². The SMILES string of the molecule is CC(C)c1ncc(S(=O)O)n1C. The molecule has 0 saturated heterocycles. The van der Waals surface area contributed by atoms with E-state index in [-0.39, 0.29) is 5.92 Å². The summed E-state index contributed by atoms with van der Waals surface area (Å²) in [5, 5.41) is 0.346. The predicted octanol–water partition coefficient (Wildman–Crippen LogP) is 1.12. The van der Waals surface area contributed by atoms with Crippen molar-refractivity contribution in [3.63, 3.8) is 0 Å². The van der Waals surface area contributed by atoms with Crippen LogP contribution in [0.1, 0.15) is 25.6 Å². The average molecular weight is 188 g/mol. The summed E-state index contributed by atoms with van der Waals surface area (Å²) in [5.74, 6) is 1.10. The number of nitrogens with zero attached hydrogens (tertiary/aromatic N) is 2. The van der Waals surface area contributed by atoms with Crippen molar-refractivity contribution >= 4 is 11.1 Å². The van der Waals surface area contributed by atoms with Crippen molar-refractivity contribution in [2.24, 2.45) is 7.05 Å². The van der Waals surface area contributed by atoms with Crippen molar-refractivity contribution in [3.05, 3.63) is 12.0 Å². The molecule has 1 aromatic rings. The summed E-state index contributed by atoms with van der Waals surface area (Å²) in [7, 11) is 1.74. The van der Waals surface area contributed by atoms with Crippen LogP contribution in [-0.2, 0) is 18.1 Å². The van der Waals surface area contributed by atoms with Crippen LogP contribution in [0.4, 0.5) is 0 Å². The number of rotatable bonds is 2. The molecule has 0 fully saturated rings. The van der Waals surface area contributed by atoms with Crippen LogP contribution in [0.15, 0.2) is 11.2 Å². The molecule has 0 amide bonds. The van der Waals surface area contributed by atoms with Gasteiger partial charge in [-0.15, -0.1) is 0 Å². The van der Waals surface area contributed by atoms with Gasteiger partial charge >= 0.3 is 0 Å². The van der Waals surface area contributed by atoms with E-state index in [1.54, 1.807) is 11.6 Å². The van der Waals surface area contributed by atoms with E-state index in [9.17, 15) is 4.21 Å². The first kappa shape index (κ1) is 9.41. The molecule has 1 rings (SSSR count).